The molecular formula is C21H23N3O4. The van der Waals surface area contributed by atoms with Gasteiger partial charge in [0.2, 0.25) is 17.6 Å². The van der Waals surface area contributed by atoms with E-state index in [1.54, 1.807) is 26.4 Å². The summed E-state index contributed by atoms with van der Waals surface area (Å²) in [4.78, 5) is 16.9. The molecule has 0 aliphatic heterocycles. The summed E-state index contributed by atoms with van der Waals surface area (Å²) in [5.74, 6) is 1.66. The monoisotopic (exact) mass is 381 g/mol. The van der Waals surface area contributed by atoms with Crippen molar-refractivity contribution in [3.05, 3.63) is 60.0 Å². The van der Waals surface area contributed by atoms with Crippen molar-refractivity contribution >= 4 is 5.91 Å². The van der Waals surface area contributed by atoms with E-state index in [-0.39, 0.29) is 18.4 Å². The Balaban J connectivity index is 1.67. The summed E-state index contributed by atoms with van der Waals surface area (Å²) >= 11 is 0. The molecule has 146 valence electrons. The maximum absolute atomic E-state index is 12.5. The normalized spacial score (nSPS) is 11.7. The lowest BCUT2D eigenvalue weighted by molar-refractivity contribution is -0.122. The molecule has 0 saturated heterocycles. The fraction of sp³-hybridized carbons (Fsp3) is 0.286. The number of hydrogen-bond donors (Lipinski definition) is 1. The van der Waals surface area contributed by atoms with Gasteiger partial charge in [-0.25, -0.2) is 0 Å². The molecule has 0 saturated carbocycles. The fourth-order valence-electron chi connectivity index (χ4n) is 2.96. The number of nitrogens with one attached hydrogen (secondary N) is 1. The lowest BCUT2D eigenvalue weighted by Crippen LogP contribution is -2.28. The molecule has 0 bridgehead atoms. The molecule has 2 aromatic carbocycles. The van der Waals surface area contributed by atoms with Crippen LogP contribution in [0.2, 0.25) is 0 Å². The van der Waals surface area contributed by atoms with Crippen molar-refractivity contribution < 1.29 is 18.8 Å². The van der Waals surface area contributed by atoms with Crippen LogP contribution in [0.1, 0.15) is 30.7 Å². The van der Waals surface area contributed by atoms with Crippen LogP contribution in [0, 0.1) is 0 Å². The lowest BCUT2D eigenvalue weighted by Gasteiger charge is -2.14. The predicted molar refractivity (Wildman–Crippen MR) is 104 cm³/mol. The van der Waals surface area contributed by atoms with Gasteiger partial charge in [0.15, 0.2) is 11.5 Å². The van der Waals surface area contributed by atoms with Gasteiger partial charge >= 0.3 is 0 Å². The average Bonchev–Trinajstić information content (AvgIpc) is 3.22. The molecule has 28 heavy (non-hydrogen) atoms. The first-order valence-corrected chi connectivity index (χ1v) is 9.03. The molecule has 0 unspecified atom stereocenters. The van der Waals surface area contributed by atoms with Gasteiger partial charge in [0.1, 0.15) is 0 Å². The molecule has 0 radical (unpaired) electrons. The van der Waals surface area contributed by atoms with Crippen molar-refractivity contribution in [3.63, 3.8) is 0 Å². The molecule has 1 amide bonds. The first-order valence-electron chi connectivity index (χ1n) is 9.03. The quantitative estimate of drug-likeness (QED) is 0.642. The zero-order valence-electron chi connectivity index (χ0n) is 16.1. The Bertz CT molecular complexity index is 924. The lowest BCUT2D eigenvalue weighted by atomic mass is 9.96. The van der Waals surface area contributed by atoms with Crippen molar-refractivity contribution in [2.45, 2.75) is 25.8 Å². The Morgan fingerprint density at radius 1 is 1.11 bits per heavy atom. The van der Waals surface area contributed by atoms with Crippen LogP contribution in [0.3, 0.4) is 0 Å². The average molecular weight is 381 g/mol. The molecule has 0 spiro atoms. The van der Waals surface area contributed by atoms with Crippen molar-refractivity contribution in [2.24, 2.45) is 0 Å². The topological polar surface area (TPSA) is 86.5 Å². The van der Waals surface area contributed by atoms with E-state index >= 15 is 0 Å². The number of amides is 1. The predicted octanol–water partition coefficient (Wildman–Crippen LogP) is 3.56. The van der Waals surface area contributed by atoms with E-state index in [0.29, 0.717) is 29.6 Å². The van der Waals surface area contributed by atoms with Crippen molar-refractivity contribution in [1.82, 2.24) is 15.5 Å². The highest BCUT2D eigenvalue weighted by Crippen LogP contribution is 2.31. The Morgan fingerprint density at radius 3 is 2.54 bits per heavy atom. The molecule has 1 aromatic heterocycles. The molecule has 1 heterocycles. The molecule has 1 atom stereocenters. The van der Waals surface area contributed by atoms with Crippen LogP contribution < -0.4 is 14.8 Å². The smallest absolute Gasteiger partial charge is 0.246 e. The number of methoxy groups -OCH3 is 2. The molecule has 3 aromatic rings. The third-order valence-corrected chi connectivity index (χ3v) is 4.45. The van der Waals surface area contributed by atoms with Crippen LogP contribution in [0.15, 0.2) is 53.1 Å². The number of aromatic nitrogens is 2. The summed E-state index contributed by atoms with van der Waals surface area (Å²) in [5.41, 5.74) is 1.72. The molecule has 3 rings (SSSR count). The van der Waals surface area contributed by atoms with E-state index in [0.717, 1.165) is 11.1 Å². The maximum Gasteiger partial charge on any atom is 0.246 e. The van der Waals surface area contributed by atoms with Gasteiger partial charge in [-0.2, -0.15) is 4.98 Å². The number of carbonyl (C=O) groups is 1. The third-order valence-electron chi connectivity index (χ3n) is 4.45. The SMILES string of the molecule is CC[C@H](C(=O)NCc1nc(-c2ccc(OC)c(OC)c2)no1)c1ccccc1. The first kappa shape index (κ1) is 19.4. The van der Waals surface area contributed by atoms with Gasteiger partial charge in [0, 0.05) is 5.56 Å². The highest BCUT2D eigenvalue weighted by Gasteiger charge is 2.19. The summed E-state index contributed by atoms with van der Waals surface area (Å²) in [6.45, 7) is 2.15. The molecule has 7 heteroatoms. The van der Waals surface area contributed by atoms with Gasteiger partial charge in [0.25, 0.3) is 0 Å². The summed E-state index contributed by atoms with van der Waals surface area (Å²) in [6, 6.07) is 15.1. The molecule has 7 nitrogen and oxygen atoms in total. The molecule has 0 aliphatic carbocycles. The number of benzene rings is 2. The standard InChI is InChI=1S/C21H23N3O4/c1-4-16(14-8-6-5-7-9-14)21(25)22-13-19-23-20(24-28-19)15-10-11-17(26-2)18(12-15)27-3/h5-12,16H,4,13H2,1-3H3,(H,22,25)/t16-/m0/s1. The second kappa shape index (κ2) is 9.03. The van der Waals surface area contributed by atoms with Crippen LogP contribution in [-0.4, -0.2) is 30.3 Å². The van der Waals surface area contributed by atoms with Gasteiger partial charge in [0.05, 0.1) is 26.7 Å². The van der Waals surface area contributed by atoms with E-state index in [2.05, 4.69) is 15.5 Å². The van der Waals surface area contributed by atoms with Gasteiger partial charge in [-0.1, -0.05) is 42.4 Å². The van der Waals surface area contributed by atoms with Crippen LogP contribution >= 0.6 is 0 Å². The highest BCUT2D eigenvalue weighted by atomic mass is 16.5. The van der Waals surface area contributed by atoms with Crippen molar-refractivity contribution in [3.8, 4) is 22.9 Å². The second-order valence-electron chi connectivity index (χ2n) is 6.17. The van der Waals surface area contributed by atoms with E-state index in [9.17, 15) is 4.79 Å². The Kier molecular flexibility index (Phi) is 6.26. The van der Waals surface area contributed by atoms with Gasteiger partial charge in [-0.05, 0) is 30.2 Å². The van der Waals surface area contributed by atoms with Gasteiger partial charge < -0.3 is 19.3 Å². The van der Waals surface area contributed by atoms with E-state index in [1.165, 1.54) is 0 Å². The third kappa shape index (κ3) is 4.31. The minimum Gasteiger partial charge on any atom is -0.493 e. The van der Waals surface area contributed by atoms with Crippen LogP contribution in [0.4, 0.5) is 0 Å². The molecule has 0 aliphatic rings. The van der Waals surface area contributed by atoms with E-state index in [1.807, 2.05) is 43.3 Å². The first-order chi connectivity index (χ1) is 13.7. The zero-order valence-corrected chi connectivity index (χ0v) is 16.1. The summed E-state index contributed by atoms with van der Waals surface area (Å²) in [5, 5.41) is 6.86. The molecule has 1 N–H and O–H groups in total. The van der Waals surface area contributed by atoms with Crippen LogP contribution in [0.25, 0.3) is 11.4 Å². The van der Waals surface area contributed by atoms with E-state index in [4.69, 9.17) is 14.0 Å². The second-order valence-corrected chi connectivity index (χ2v) is 6.17. The Labute approximate surface area is 163 Å². The maximum atomic E-state index is 12.5. The zero-order chi connectivity index (χ0) is 19.9. The van der Waals surface area contributed by atoms with Crippen molar-refractivity contribution in [1.29, 1.82) is 0 Å². The van der Waals surface area contributed by atoms with Crippen LogP contribution in [0.5, 0.6) is 11.5 Å². The number of hydrogen-bond acceptors (Lipinski definition) is 6. The number of carbonyl (C=O) groups excluding carboxylic acids is 1. The minimum atomic E-state index is -0.213. The van der Waals surface area contributed by atoms with Gasteiger partial charge in [-0.3, -0.25) is 4.79 Å². The number of nitrogens with zero attached hydrogens (tertiary/aromatic N) is 2. The summed E-state index contributed by atoms with van der Waals surface area (Å²) in [7, 11) is 3.14. The number of rotatable bonds is 8. The minimum absolute atomic E-state index is 0.0698. The highest BCUT2D eigenvalue weighted by molar-refractivity contribution is 5.83. The fourth-order valence-corrected chi connectivity index (χ4v) is 2.96. The number of ether oxygens (including phenoxy) is 2. The molecule has 0 fully saturated rings. The Hall–Kier alpha value is -3.35. The van der Waals surface area contributed by atoms with Crippen LogP contribution in [-0.2, 0) is 11.3 Å². The summed E-state index contributed by atoms with van der Waals surface area (Å²) in [6.07, 6.45) is 0.705. The summed E-state index contributed by atoms with van der Waals surface area (Å²) < 4.78 is 15.8. The molecular weight excluding hydrogens is 358 g/mol. The van der Waals surface area contributed by atoms with E-state index < -0.39 is 0 Å². The largest absolute Gasteiger partial charge is 0.493 e. The van der Waals surface area contributed by atoms with Crippen molar-refractivity contribution in [2.75, 3.05) is 14.2 Å². The van der Waals surface area contributed by atoms with Gasteiger partial charge in [-0.15, -0.1) is 0 Å². The Morgan fingerprint density at radius 2 is 1.86 bits per heavy atom.